The first-order valence-corrected chi connectivity index (χ1v) is 5.71. The lowest BCUT2D eigenvalue weighted by Crippen LogP contribution is -2.34. The van der Waals surface area contributed by atoms with E-state index in [0.29, 0.717) is 12.8 Å². The molecule has 0 heterocycles. The highest BCUT2D eigenvalue weighted by molar-refractivity contribution is 5.70. The molecule has 1 aliphatic rings. The smallest absolute Gasteiger partial charge is 0.306 e. The van der Waals surface area contributed by atoms with Gasteiger partial charge in [0.2, 0.25) is 0 Å². The van der Waals surface area contributed by atoms with Crippen LogP contribution in [0.3, 0.4) is 0 Å². The second kappa shape index (κ2) is 5.28. The number of aldehydes is 1. The molecule has 90 valence electrons. The molecule has 0 saturated heterocycles. The maximum atomic E-state index is 11.4. The predicted molar refractivity (Wildman–Crippen MR) is 61.9 cm³/mol. The largest absolute Gasteiger partial charge is 0.469 e. The lowest BCUT2D eigenvalue weighted by molar-refractivity contribution is -0.143. The zero-order valence-electron chi connectivity index (χ0n) is 10.1. The van der Waals surface area contributed by atoms with Gasteiger partial charge in [-0.1, -0.05) is 19.1 Å². The Labute approximate surface area is 96.9 Å². The van der Waals surface area contributed by atoms with Gasteiger partial charge in [0.15, 0.2) is 0 Å². The monoisotopic (exact) mass is 224 g/mol. The van der Waals surface area contributed by atoms with Crippen LogP contribution >= 0.6 is 0 Å². The van der Waals surface area contributed by atoms with E-state index in [1.165, 1.54) is 7.11 Å². The van der Waals surface area contributed by atoms with Gasteiger partial charge in [0.05, 0.1) is 13.5 Å². The Bertz CT molecular complexity index is 296. The van der Waals surface area contributed by atoms with Crippen LogP contribution in [0, 0.1) is 11.3 Å². The summed E-state index contributed by atoms with van der Waals surface area (Å²) in [5.41, 5.74) is 0.964. The van der Waals surface area contributed by atoms with Gasteiger partial charge in [-0.15, -0.1) is 0 Å². The number of hydrogen-bond acceptors (Lipinski definition) is 3. The van der Waals surface area contributed by atoms with E-state index in [1.54, 1.807) is 0 Å². The molecule has 0 aliphatic heterocycles. The van der Waals surface area contributed by atoms with Gasteiger partial charge in [-0.3, -0.25) is 4.79 Å². The van der Waals surface area contributed by atoms with Crippen molar-refractivity contribution in [2.45, 2.75) is 39.0 Å². The predicted octanol–water partition coefficient (Wildman–Crippen LogP) is 2.50. The van der Waals surface area contributed by atoms with Crippen molar-refractivity contribution in [2.24, 2.45) is 11.3 Å². The van der Waals surface area contributed by atoms with E-state index in [4.69, 9.17) is 4.74 Å². The molecule has 0 aromatic carbocycles. The summed E-state index contributed by atoms with van der Waals surface area (Å²) in [6.45, 7) is 6.11. The van der Waals surface area contributed by atoms with Crippen molar-refractivity contribution in [1.82, 2.24) is 0 Å². The Morgan fingerprint density at radius 2 is 2.38 bits per heavy atom. The van der Waals surface area contributed by atoms with Gasteiger partial charge in [-0.05, 0) is 30.6 Å². The normalized spacial score (nSPS) is 29.9. The molecule has 3 heteroatoms. The average Bonchev–Trinajstić information content (AvgIpc) is 2.24. The number of hydrogen-bond donors (Lipinski definition) is 0. The Morgan fingerprint density at radius 3 is 2.94 bits per heavy atom. The molecule has 1 rings (SSSR count). The van der Waals surface area contributed by atoms with E-state index < -0.39 is 0 Å². The quantitative estimate of drug-likeness (QED) is 0.418. The number of ether oxygens (including phenoxy) is 1. The summed E-state index contributed by atoms with van der Waals surface area (Å²) in [5, 5.41) is 0. The summed E-state index contributed by atoms with van der Waals surface area (Å²) < 4.78 is 4.70. The minimum absolute atomic E-state index is 0.0823. The molecule has 2 atom stereocenters. The van der Waals surface area contributed by atoms with Gasteiger partial charge in [0, 0.05) is 6.42 Å². The third-order valence-electron chi connectivity index (χ3n) is 3.73. The van der Waals surface area contributed by atoms with Crippen LogP contribution in [0.15, 0.2) is 12.2 Å². The molecule has 0 bridgehead atoms. The van der Waals surface area contributed by atoms with Crippen molar-refractivity contribution in [3.63, 3.8) is 0 Å². The van der Waals surface area contributed by atoms with E-state index in [2.05, 4.69) is 13.5 Å². The Kier molecular flexibility index (Phi) is 4.27. The number of rotatable bonds is 4. The van der Waals surface area contributed by atoms with Gasteiger partial charge in [-0.25, -0.2) is 0 Å². The van der Waals surface area contributed by atoms with Gasteiger partial charge in [-0.2, -0.15) is 0 Å². The van der Waals surface area contributed by atoms with E-state index in [1.807, 2.05) is 0 Å². The molecule has 1 aliphatic carbocycles. The first kappa shape index (κ1) is 12.9. The van der Waals surface area contributed by atoms with E-state index >= 15 is 0 Å². The zero-order chi connectivity index (χ0) is 12.2. The average molecular weight is 224 g/mol. The van der Waals surface area contributed by atoms with Crippen LogP contribution in [0.25, 0.3) is 0 Å². The van der Waals surface area contributed by atoms with Crippen LogP contribution in [0.5, 0.6) is 0 Å². The Morgan fingerprint density at radius 1 is 1.69 bits per heavy atom. The minimum Gasteiger partial charge on any atom is -0.469 e. The third kappa shape index (κ3) is 2.71. The van der Waals surface area contributed by atoms with Crippen LogP contribution in [-0.4, -0.2) is 19.4 Å². The van der Waals surface area contributed by atoms with Crippen molar-refractivity contribution in [3.8, 4) is 0 Å². The highest BCUT2D eigenvalue weighted by Crippen LogP contribution is 2.47. The van der Waals surface area contributed by atoms with Crippen molar-refractivity contribution in [2.75, 3.05) is 7.11 Å². The van der Waals surface area contributed by atoms with E-state index in [-0.39, 0.29) is 17.3 Å². The molecular formula is C13H20O3. The molecule has 3 nitrogen and oxygen atoms in total. The molecule has 0 aromatic heterocycles. The molecule has 16 heavy (non-hydrogen) atoms. The number of carbonyl (C=O) groups excluding carboxylic acids is 2. The first-order valence-electron chi connectivity index (χ1n) is 5.71. The summed E-state index contributed by atoms with van der Waals surface area (Å²) in [7, 11) is 1.39. The molecular weight excluding hydrogens is 204 g/mol. The van der Waals surface area contributed by atoms with Gasteiger partial charge >= 0.3 is 5.97 Å². The molecule has 0 aromatic rings. The Balaban J connectivity index is 2.82. The first-order chi connectivity index (χ1) is 7.53. The fourth-order valence-corrected chi connectivity index (χ4v) is 2.64. The topological polar surface area (TPSA) is 43.4 Å². The highest BCUT2D eigenvalue weighted by atomic mass is 16.5. The molecule has 0 N–H and O–H groups in total. The summed E-state index contributed by atoms with van der Waals surface area (Å²) >= 11 is 0. The number of methoxy groups -OCH3 is 1. The molecule has 1 fully saturated rings. The summed E-state index contributed by atoms with van der Waals surface area (Å²) in [6.07, 6.45) is 4.78. The lowest BCUT2D eigenvalue weighted by atomic mass is 9.63. The number of allylic oxidation sites excluding steroid dienone is 1. The van der Waals surface area contributed by atoms with Gasteiger partial charge in [0.1, 0.15) is 6.29 Å². The van der Waals surface area contributed by atoms with Crippen LogP contribution in [0.2, 0.25) is 0 Å². The van der Waals surface area contributed by atoms with Crippen LogP contribution in [-0.2, 0) is 14.3 Å². The number of carbonyl (C=O) groups is 2. The molecule has 0 unspecified atom stereocenters. The maximum absolute atomic E-state index is 11.4. The summed E-state index contributed by atoms with van der Waals surface area (Å²) in [5.74, 6) is -0.135. The highest BCUT2D eigenvalue weighted by Gasteiger charge is 2.39. The van der Waals surface area contributed by atoms with E-state index in [9.17, 15) is 9.59 Å². The zero-order valence-corrected chi connectivity index (χ0v) is 10.1. The van der Waals surface area contributed by atoms with Gasteiger partial charge in [0.25, 0.3) is 0 Å². The van der Waals surface area contributed by atoms with Crippen LogP contribution < -0.4 is 0 Å². The van der Waals surface area contributed by atoms with Crippen LogP contribution in [0.1, 0.15) is 39.0 Å². The van der Waals surface area contributed by atoms with Crippen molar-refractivity contribution >= 4 is 12.3 Å². The van der Waals surface area contributed by atoms with Crippen molar-refractivity contribution in [1.29, 1.82) is 0 Å². The summed E-state index contributed by atoms with van der Waals surface area (Å²) in [4.78, 5) is 22.1. The van der Waals surface area contributed by atoms with Crippen LogP contribution in [0.4, 0.5) is 0 Å². The molecule has 0 radical (unpaired) electrons. The fourth-order valence-electron chi connectivity index (χ4n) is 2.64. The Hall–Kier alpha value is -1.12. The fraction of sp³-hybridized carbons (Fsp3) is 0.692. The summed E-state index contributed by atoms with van der Waals surface area (Å²) in [6, 6.07) is 0. The second-order valence-corrected chi connectivity index (χ2v) is 4.87. The van der Waals surface area contributed by atoms with Gasteiger partial charge < -0.3 is 9.53 Å². The molecule has 0 spiro atoms. The second-order valence-electron chi connectivity index (χ2n) is 4.87. The SMILES string of the molecule is C=C1CCC[C@](C)(CC=O)[C@H]1CC(=O)OC. The maximum Gasteiger partial charge on any atom is 0.306 e. The minimum atomic E-state index is -0.217. The third-order valence-corrected chi connectivity index (χ3v) is 3.73. The number of esters is 1. The standard InChI is InChI=1S/C13H20O3/c1-10-5-4-6-13(2,7-8-14)11(10)9-12(15)16-3/h8,11H,1,4-7,9H2,2-3H3/t11-,13+/m0/s1. The van der Waals surface area contributed by atoms with Crippen molar-refractivity contribution in [3.05, 3.63) is 12.2 Å². The van der Waals surface area contributed by atoms with Crippen molar-refractivity contribution < 1.29 is 14.3 Å². The molecule has 0 amide bonds. The lowest BCUT2D eigenvalue weighted by Gasteiger charge is -2.41. The van der Waals surface area contributed by atoms with E-state index in [0.717, 1.165) is 31.1 Å². The molecule has 1 saturated carbocycles.